The van der Waals surface area contributed by atoms with Gasteiger partial charge in [0.05, 0.1) is 11.6 Å². The molecular weight excluding hydrogens is 312 g/mol. The highest BCUT2D eigenvalue weighted by Gasteiger charge is 2.35. The molecule has 0 radical (unpaired) electrons. The number of ether oxygens (including phenoxy) is 1. The van der Waals surface area contributed by atoms with Crippen LogP contribution in [0.1, 0.15) is 6.42 Å². The van der Waals surface area contributed by atoms with Crippen LogP contribution in [-0.2, 0) is 4.79 Å². The molecule has 2 aliphatic rings. The van der Waals surface area contributed by atoms with E-state index < -0.39 is 6.04 Å². The van der Waals surface area contributed by atoms with Crippen LogP contribution in [0.4, 0.5) is 4.79 Å². The van der Waals surface area contributed by atoms with Gasteiger partial charge in [0.2, 0.25) is 5.91 Å². The lowest BCUT2D eigenvalue weighted by molar-refractivity contribution is -0.131. The highest BCUT2D eigenvalue weighted by molar-refractivity contribution is 8.14. The van der Waals surface area contributed by atoms with Crippen molar-refractivity contribution in [2.45, 2.75) is 18.6 Å². The van der Waals surface area contributed by atoms with Crippen molar-refractivity contribution in [1.82, 2.24) is 10.2 Å². The topological polar surface area (TPSA) is 58.6 Å². The van der Waals surface area contributed by atoms with E-state index >= 15 is 0 Å². The molecule has 3 rings (SSSR count). The SMILES string of the molecule is O=C1N[C@@H](C(=O)N2CC[C@H](Oc3ccccc3Cl)C2)CS1. The van der Waals surface area contributed by atoms with E-state index in [2.05, 4.69) is 5.32 Å². The second-order valence-electron chi connectivity index (χ2n) is 5.04. The third-order valence-electron chi connectivity index (χ3n) is 3.56. The molecule has 0 aliphatic carbocycles. The summed E-state index contributed by atoms with van der Waals surface area (Å²) in [6, 6.07) is 6.91. The highest BCUT2D eigenvalue weighted by Crippen LogP contribution is 2.27. The second kappa shape index (κ2) is 6.15. The molecule has 1 N–H and O–H groups in total. The first kappa shape index (κ1) is 14.5. The number of amides is 2. The Morgan fingerprint density at radius 3 is 2.95 bits per heavy atom. The Balaban J connectivity index is 1.57. The molecule has 0 unspecified atom stereocenters. The van der Waals surface area contributed by atoms with Crippen molar-refractivity contribution in [2.75, 3.05) is 18.8 Å². The Bertz CT molecular complexity index is 569. The van der Waals surface area contributed by atoms with Crippen LogP contribution in [0.25, 0.3) is 0 Å². The van der Waals surface area contributed by atoms with Gasteiger partial charge in [-0.05, 0) is 12.1 Å². The van der Waals surface area contributed by atoms with Crippen LogP contribution in [0.15, 0.2) is 24.3 Å². The van der Waals surface area contributed by atoms with Gasteiger partial charge in [-0.1, -0.05) is 35.5 Å². The fourth-order valence-electron chi connectivity index (χ4n) is 2.48. The predicted molar refractivity (Wildman–Crippen MR) is 81.8 cm³/mol. The maximum atomic E-state index is 12.3. The van der Waals surface area contributed by atoms with Crippen LogP contribution in [0.5, 0.6) is 5.75 Å². The maximum Gasteiger partial charge on any atom is 0.279 e. The monoisotopic (exact) mass is 326 g/mol. The van der Waals surface area contributed by atoms with Crippen LogP contribution >= 0.6 is 23.4 Å². The molecule has 0 bridgehead atoms. The molecule has 0 saturated carbocycles. The van der Waals surface area contributed by atoms with E-state index in [9.17, 15) is 9.59 Å². The number of hydrogen-bond acceptors (Lipinski definition) is 4. The van der Waals surface area contributed by atoms with E-state index in [1.165, 1.54) is 0 Å². The van der Waals surface area contributed by atoms with Gasteiger partial charge in [0, 0.05) is 18.7 Å². The van der Waals surface area contributed by atoms with Gasteiger partial charge in [0.25, 0.3) is 5.24 Å². The number of hydrogen-bond donors (Lipinski definition) is 1. The number of carbonyl (C=O) groups is 2. The van der Waals surface area contributed by atoms with Crippen molar-refractivity contribution < 1.29 is 14.3 Å². The minimum Gasteiger partial charge on any atom is -0.487 e. The average Bonchev–Trinajstić information content (AvgIpc) is 3.10. The molecule has 5 nitrogen and oxygen atoms in total. The van der Waals surface area contributed by atoms with Crippen LogP contribution in [0.3, 0.4) is 0 Å². The zero-order chi connectivity index (χ0) is 14.8. The molecule has 2 saturated heterocycles. The molecular formula is C14H15ClN2O3S. The molecule has 112 valence electrons. The van der Waals surface area contributed by atoms with Crippen LogP contribution in [0, 0.1) is 0 Å². The van der Waals surface area contributed by atoms with Gasteiger partial charge in [0.1, 0.15) is 17.9 Å². The van der Waals surface area contributed by atoms with Crippen molar-refractivity contribution in [2.24, 2.45) is 0 Å². The van der Waals surface area contributed by atoms with E-state index in [-0.39, 0.29) is 17.3 Å². The smallest absolute Gasteiger partial charge is 0.279 e. The molecule has 2 atom stereocenters. The van der Waals surface area contributed by atoms with Crippen LogP contribution < -0.4 is 10.1 Å². The Morgan fingerprint density at radius 2 is 2.24 bits per heavy atom. The van der Waals surface area contributed by atoms with Crippen molar-refractivity contribution >= 4 is 34.5 Å². The summed E-state index contributed by atoms with van der Waals surface area (Å²) in [4.78, 5) is 25.2. The maximum absolute atomic E-state index is 12.3. The molecule has 2 aliphatic heterocycles. The van der Waals surface area contributed by atoms with E-state index in [4.69, 9.17) is 16.3 Å². The van der Waals surface area contributed by atoms with Gasteiger partial charge < -0.3 is 15.0 Å². The molecule has 2 amide bonds. The highest BCUT2D eigenvalue weighted by atomic mass is 35.5. The predicted octanol–water partition coefficient (Wildman–Crippen LogP) is 2.14. The number of benzene rings is 1. The summed E-state index contributed by atoms with van der Waals surface area (Å²) in [7, 11) is 0. The lowest BCUT2D eigenvalue weighted by atomic mass is 10.3. The number of thioether (sulfide) groups is 1. The third-order valence-corrected chi connectivity index (χ3v) is 4.75. The first-order valence-electron chi connectivity index (χ1n) is 6.77. The van der Waals surface area contributed by atoms with Gasteiger partial charge in [-0.25, -0.2) is 0 Å². The summed E-state index contributed by atoms with van der Waals surface area (Å²) in [5, 5.41) is 3.12. The molecule has 0 spiro atoms. The van der Waals surface area contributed by atoms with Crippen molar-refractivity contribution in [3.63, 3.8) is 0 Å². The van der Waals surface area contributed by atoms with Gasteiger partial charge in [-0.2, -0.15) is 0 Å². The second-order valence-corrected chi connectivity index (χ2v) is 6.44. The number of carbonyl (C=O) groups excluding carboxylic acids is 2. The Labute approximate surface area is 132 Å². The number of rotatable bonds is 3. The summed E-state index contributed by atoms with van der Waals surface area (Å²) >= 11 is 7.22. The van der Waals surface area contributed by atoms with E-state index in [1.807, 2.05) is 18.2 Å². The standard InChI is InChI=1S/C14H15ClN2O3S/c15-10-3-1-2-4-12(10)20-9-5-6-17(7-9)13(18)11-8-21-14(19)16-11/h1-4,9,11H,5-8H2,(H,16,19)/t9-,11+/m0/s1. The summed E-state index contributed by atoms with van der Waals surface area (Å²) in [6.45, 7) is 1.17. The summed E-state index contributed by atoms with van der Waals surface area (Å²) in [5.74, 6) is 1.12. The zero-order valence-electron chi connectivity index (χ0n) is 11.3. The number of nitrogens with one attached hydrogen (secondary N) is 1. The van der Waals surface area contributed by atoms with Crippen molar-refractivity contribution in [1.29, 1.82) is 0 Å². The molecule has 7 heteroatoms. The van der Waals surface area contributed by atoms with Gasteiger partial charge in [0.15, 0.2) is 0 Å². The normalized spacial score (nSPS) is 25.0. The lowest BCUT2D eigenvalue weighted by Gasteiger charge is -2.20. The number of para-hydroxylation sites is 1. The van der Waals surface area contributed by atoms with Gasteiger partial charge in [-0.15, -0.1) is 0 Å². The summed E-state index contributed by atoms with van der Waals surface area (Å²) < 4.78 is 5.85. The zero-order valence-corrected chi connectivity index (χ0v) is 12.8. The van der Waals surface area contributed by atoms with E-state index in [0.717, 1.165) is 18.2 Å². The average molecular weight is 327 g/mol. The van der Waals surface area contributed by atoms with Crippen molar-refractivity contribution in [3.8, 4) is 5.75 Å². The largest absolute Gasteiger partial charge is 0.487 e. The Morgan fingerprint density at radius 1 is 1.43 bits per heavy atom. The van der Waals surface area contributed by atoms with E-state index in [0.29, 0.717) is 29.6 Å². The Kier molecular flexibility index (Phi) is 4.26. The molecule has 21 heavy (non-hydrogen) atoms. The number of nitrogens with zero attached hydrogens (tertiary/aromatic N) is 1. The van der Waals surface area contributed by atoms with Crippen molar-refractivity contribution in [3.05, 3.63) is 29.3 Å². The number of likely N-dealkylation sites (tertiary alicyclic amines) is 1. The fourth-order valence-corrected chi connectivity index (χ4v) is 3.43. The van der Waals surface area contributed by atoms with Gasteiger partial charge in [-0.3, -0.25) is 9.59 Å². The third kappa shape index (κ3) is 3.27. The molecule has 0 aromatic heterocycles. The quantitative estimate of drug-likeness (QED) is 0.924. The molecule has 1 aromatic carbocycles. The molecule has 2 fully saturated rings. The first-order valence-corrected chi connectivity index (χ1v) is 8.13. The molecule has 1 aromatic rings. The van der Waals surface area contributed by atoms with Gasteiger partial charge >= 0.3 is 0 Å². The summed E-state index contributed by atoms with van der Waals surface area (Å²) in [5.41, 5.74) is 0. The van der Waals surface area contributed by atoms with Crippen LogP contribution in [-0.4, -0.2) is 47.0 Å². The minimum atomic E-state index is -0.401. The lowest BCUT2D eigenvalue weighted by Crippen LogP contribution is -2.45. The first-order chi connectivity index (χ1) is 10.1. The summed E-state index contributed by atoms with van der Waals surface area (Å²) in [6.07, 6.45) is 0.712. The minimum absolute atomic E-state index is 0.0291. The molecule has 2 heterocycles. The fraction of sp³-hybridized carbons (Fsp3) is 0.429. The Hall–Kier alpha value is -1.40. The van der Waals surface area contributed by atoms with Crippen LogP contribution in [0.2, 0.25) is 5.02 Å². The number of halogens is 1. The van der Waals surface area contributed by atoms with E-state index in [1.54, 1.807) is 11.0 Å².